The fourth-order valence-electron chi connectivity index (χ4n) is 2.90. The van der Waals surface area contributed by atoms with Gasteiger partial charge in [0.1, 0.15) is 5.75 Å². The van der Waals surface area contributed by atoms with Crippen LogP contribution in [0.25, 0.3) is 0 Å². The van der Waals surface area contributed by atoms with E-state index in [-0.39, 0.29) is 24.4 Å². The predicted molar refractivity (Wildman–Crippen MR) is 83.0 cm³/mol. The fourth-order valence-corrected chi connectivity index (χ4v) is 4.55. The van der Waals surface area contributed by atoms with Crippen molar-refractivity contribution in [2.45, 2.75) is 31.3 Å². The minimum absolute atomic E-state index is 0.0946. The quantitative estimate of drug-likeness (QED) is 0.837. The summed E-state index contributed by atoms with van der Waals surface area (Å²) in [5.74, 6) is -1.68. The van der Waals surface area contributed by atoms with Gasteiger partial charge in [0, 0.05) is 13.1 Å². The van der Waals surface area contributed by atoms with Gasteiger partial charge in [-0.2, -0.15) is 4.31 Å². The van der Waals surface area contributed by atoms with Crippen LogP contribution in [0.2, 0.25) is 0 Å². The van der Waals surface area contributed by atoms with Crippen LogP contribution in [0.15, 0.2) is 17.0 Å². The molecule has 8 heteroatoms. The van der Waals surface area contributed by atoms with Crippen LogP contribution in [0, 0.1) is 19.8 Å². The molecule has 0 radical (unpaired) electrons. The molecule has 0 saturated carbocycles. The zero-order valence-corrected chi connectivity index (χ0v) is 14.1. The van der Waals surface area contributed by atoms with E-state index in [1.165, 1.54) is 19.2 Å². The van der Waals surface area contributed by atoms with Crippen LogP contribution < -0.4 is 4.74 Å². The van der Waals surface area contributed by atoms with Gasteiger partial charge in [0.2, 0.25) is 10.0 Å². The zero-order chi connectivity index (χ0) is 17.4. The van der Waals surface area contributed by atoms with E-state index in [9.17, 15) is 18.3 Å². The number of methoxy groups -OCH3 is 1. The average Bonchev–Trinajstić information content (AvgIpc) is 2.46. The first kappa shape index (κ1) is 17.7. The normalized spacial score (nSPS) is 22.8. The third-order valence-corrected chi connectivity index (χ3v) is 5.97. The number of aliphatic hydroxyl groups is 1. The van der Waals surface area contributed by atoms with E-state index in [4.69, 9.17) is 9.84 Å². The molecule has 128 valence electrons. The number of ether oxygens (including phenoxy) is 1. The van der Waals surface area contributed by atoms with E-state index >= 15 is 0 Å². The molecule has 1 fully saturated rings. The molecule has 1 heterocycles. The van der Waals surface area contributed by atoms with Crippen molar-refractivity contribution in [2.24, 2.45) is 5.92 Å². The number of aryl methyl sites for hydroxylation is 2. The molecule has 1 aromatic carbocycles. The highest BCUT2D eigenvalue weighted by Gasteiger charge is 2.38. The summed E-state index contributed by atoms with van der Waals surface area (Å²) in [4.78, 5) is 11.3. The first-order valence-corrected chi connectivity index (χ1v) is 8.68. The van der Waals surface area contributed by atoms with Crippen LogP contribution in [0.5, 0.6) is 5.75 Å². The lowest BCUT2D eigenvalue weighted by atomic mass is 9.96. The van der Waals surface area contributed by atoms with Gasteiger partial charge in [-0.05, 0) is 43.5 Å². The molecule has 0 spiro atoms. The molecule has 2 N–H and O–H groups in total. The maximum atomic E-state index is 12.8. The van der Waals surface area contributed by atoms with Crippen LogP contribution in [0.3, 0.4) is 0 Å². The van der Waals surface area contributed by atoms with Crippen molar-refractivity contribution in [3.05, 3.63) is 23.3 Å². The topological polar surface area (TPSA) is 104 Å². The number of benzene rings is 1. The summed E-state index contributed by atoms with van der Waals surface area (Å²) in [6.07, 6.45) is -0.928. The summed E-state index contributed by atoms with van der Waals surface area (Å²) in [6.45, 7) is 3.37. The number of rotatable bonds is 4. The Morgan fingerprint density at radius 3 is 2.35 bits per heavy atom. The SMILES string of the molecule is COc1c(C)cc(S(=O)(=O)N2CC[C@H](O)[C@@H](C(=O)O)C2)cc1C. The molecule has 0 amide bonds. The van der Waals surface area contributed by atoms with Gasteiger partial charge in [-0.1, -0.05) is 0 Å². The van der Waals surface area contributed by atoms with Gasteiger partial charge in [0.05, 0.1) is 24.0 Å². The van der Waals surface area contributed by atoms with E-state index in [1.807, 2.05) is 0 Å². The van der Waals surface area contributed by atoms with Gasteiger partial charge < -0.3 is 14.9 Å². The minimum atomic E-state index is -3.82. The Morgan fingerprint density at radius 2 is 1.87 bits per heavy atom. The van der Waals surface area contributed by atoms with E-state index < -0.39 is 28.0 Å². The lowest BCUT2D eigenvalue weighted by Gasteiger charge is -2.33. The van der Waals surface area contributed by atoms with Gasteiger partial charge in [-0.15, -0.1) is 0 Å². The van der Waals surface area contributed by atoms with Crippen molar-refractivity contribution in [3.63, 3.8) is 0 Å². The number of carboxylic acid groups (broad SMARTS) is 1. The van der Waals surface area contributed by atoms with Crippen molar-refractivity contribution >= 4 is 16.0 Å². The number of sulfonamides is 1. The molecular weight excluding hydrogens is 322 g/mol. The maximum absolute atomic E-state index is 12.8. The second-order valence-corrected chi connectivity index (χ2v) is 7.69. The smallest absolute Gasteiger partial charge is 0.310 e. The Balaban J connectivity index is 2.37. The Kier molecular flexibility index (Phi) is 4.98. The summed E-state index contributed by atoms with van der Waals surface area (Å²) >= 11 is 0. The Labute approximate surface area is 135 Å². The highest BCUT2D eigenvalue weighted by Crippen LogP contribution is 2.30. The van der Waals surface area contributed by atoms with Gasteiger partial charge in [-0.3, -0.25) is 4.79 Å². The average molecular weight is 343 g/mol. The molecule has 0 aromatic heterocycles. The summed E-state index contributed by atoms with van der Waals surface area (Å²) in [7, 11) is -2.30. The molecule has 1 aliphatic rings. The van der Waals surface area contributed by atoms with Gasteiger partial charge in [0.25, 0.3) is 0 Å². The summed E-state index contributed by atoms with van der Waals surface area (Å²) < 4.78 is 31.9. The van der Waals surface area contributed by atoms with Crippen molar-refractivity contribution in [1.82, 2.24) is 4.31 Å². The number of aliphatic carboxylic acids is 1. The highest BCUT2D eigenvalue weighted by atomic mass is 32.2. The lowest BCUT2D eigenvalue weighted by molar-refractivity contribution is -0.147. The molecule has 0 aliphatic carbocycles. The lowest BCUT2D eigenvalue weighted by Crippen LogP contribution is -2.48. The van der Waals surface area contributed by atoms with Crippen LogP contribution in [0.4, 0.5) is 0 Å². The number of hydrogen-bond donors (Lipinski definition) is 2. The molecule has 0 bridgehead atoms. The molecule has 1 aliphatic heterocycles. The first-order chi connectivity index (χ1) is 10.7. The van der Waals surface area contributed by atoms with E-state index in [0.29, 0.717) is 16.9 Å². The summed E-state index contributed by atoms with van der Waals surface area (Å²) in [5, 5.41) is 18.9. The fraction of sp³-hybridized carbons (Fsp3) is 0.533. The van der Waals surface area contributed by atoms with Crippen LogP contribution in [-0.2, 0) is 14.8 Å². The van der Waals surface area contributed by atoms with Crippen LogP contribution in [0.1, 0.15) is 17.5 Å². The van der Waals surface area contributed by atoms with Crippen molar-refractivity contribution < 1.29 is 28.2 Å². The third kappa shape index (κ3) is 3.34. The number of carbonyl (C=O) groups is 1. The van der Waals surface area contributed by atoms with E-state index in [0.717, 1.165) is 4.31 Å². The largest absolute Gasteiger partial charge is 0.496 e. The van der Waals surface area contributed by atoms with E-state index in [1.54, 1.807) is 13.8 Å². The standard InChI is InChI=1S/C15H21NO6S/c1-9-6-11(7-10(2)14(9)22-3)23(20,21)16-5-4-13(17)12(8-16)15(18)19/h6-7,12-13,17H,4-5,8H2,1-3H3,(H,18,19)/t12-,13-/m0/s1. The number of carboxylic acids is 1. The second-order valence-electron chi connectivity index (χ2n) is 5.75. The predicted octanol–water partition coefficient (Wildman–Crippen LogP) is 0.768. The molecule has 2 atom stereocenters. The van der Waals surface area contributed by atoms with Gasteiger partial charge in [-0.25, -0.2) is 8.42 Å². The molecule has 0 unspecified atom stereocenters. The van der Waals surface area contributed by atoms with Crippen molar-refractivity contribution in [1.29, 1.82) is 0 Å². The molecular formula is C15H21NO6S. The summed E-state index contributed by atoms with van der Waals surface area (Å²) in [6, 6.07) is 3.03. The highest BCUT2D eigenvalue weighted by molar-refractivity contribution is 7.89. The number of nitrogens with zero attached hydrogens (tertiary/aromatic N) is 1. The molecule has 1 aromatic rings. The van der Waals surface area contributed by atoms with Gasteiger partial charge in [0.15, 0.2) is 0 Å². The molecule has 7 nitrogen and oxygen atoms in total. The molecule has 23 heavy (non-hydrogen) atoms. The Bertz CT molecular complexity index is 692. The monoisotopic (exact) mass is 343 g/mol. The van der Waals surface area contributed by atoms with Crippen LogP contribution in [-0.4, -0.2) is 55.2 Å². The van der Waals surface area contributed by atoms with Gasteiger partial charge >= 0.3 is 5.97 Å². The second kappa shape index (κ2) is 6.46. The Morgan fingerprint density at radius 1 is 1.30 bits per heavy atom. The molecule has 1 saturated heterocycles. The first-order valence-electron chi connectivity index (χ1n) is 7.24. The molecule has 2 rings (SSSR count). The number of hydrogen-bond acceptors (Lipinski definition) is 5. The Hall–Kier alpha value is -1.64. The van der Waals surface area contributed by atoms with Crippen molar-refractivity contribution in [2.75, 3.05) is 20.2 Å². The van der Waals surface area contributed by atoms with E-state index in [2.05, 4.69) is 0 Å². The number of aliphatic hydroxyl groups excluding tert-OH is 1. The van der Waals surface area contributed by atoms with Crippen LogP contribution >= 0.6 is 0 Å². The maximum Gasteiger partial charge on any atom is 0.310 e. The summed E-state index contributed by atoms with van der Waals surface area (Å²) in [5.41, 5.74) is 1.39. The minimum Gasteiger partial charge on any atom is -0.496 e. The zero-order valence-electron chi connectivity index (χ0n) is 13.3. The third-order valence-electron chi connectivity index (χ3n) is 4.13. The van der Waals surface area contributed by atoms with Crippen molar-refractivity contribution in [3.8, 4) is 5.75 Å². The number of piperidine rings is 1.